The van der Waals surface area contributed by atoms with Crippen LogP contribution in [-0.4, -0.2) is 23.5 Å². The first-order valence-electron chi connectivity index (χ1n) is 6.03. The van der Waals surface area contributed by atoms with Crippen LogP contribution in [0.5, 0.6) is 0 Å². The molecule has 1 amide bonds. The SMILES string of the molecule is O=C(NC1CC23NC2CCC13)c1ccc(Br)s1. The average molecular weight is 313 g/mol. The fourth-order valence-electron chi connectivity index (χ4n) is 3.67. The normalized spacial score (nSPS) is 41.4. The molecule has 17 heavy (non-hydrogen) atoms. The van der Waals surface area contributed by atoms with Crippen LogP contribution in [0.15, 0.2) is 15.9 Å². The topological polar surface area (TPSA) is 51.0 Å². The summed E-state index contributed by atoms with van der Waals surface area (Å²) in [5.41, 5.74) is 0.438. The first-order chi connectivity index (χ1) is 8.19. The molecule has 4 unspecified atom stereocenters. The number of amides is 1. The molecule has 1 aliphatic heterocycles. The molecule has 0 aromatic carbocycles. The maximum absolute atomic E-state index is 12.0. The lowest BCUT2D eigenvalue weighted by atomic mass is 9.69. The molecule has 2 N–H and O–H groups in total. The van der Waals surface area contributed by atoms with Gasteiger partial charge in [-0.1, -0.05) is 0 Å². The maximum Gasteiger partial charge on any atom is 0.261 e. The van der Waals surface area contributed by atoms with Crippen molar-refractivity contribution in [3.05, 3.63) is 20.8 Å². The number of halogens is 1. The average Bonchev–Trinajstić information content (AvgIpc) is 2.72. The van der Waals surface area contributed by atoms with Crippen molar-refractivity contribution in [2.75, 3.05) is 0 Å². The summed E-state index contributed by atoms with van der Waals surface area (Å²) in [6, 6.07) is 4.96. The van der Waals surface area contributed by atoms with Crippen molar-refractivity contribution < 1.29 is 4.79 Å². The lowest BCUT2D eigenvalue weighted by molar-refractivity contribution is 0.0834. The largest absolute Gasteiger partial charge is 0.348 e. The Kier molecular flexibility index (Phi) is 2.06. The number of rotatable bonds is 2. The van der Waals surface area contributed by atoms with Gasteiger partial charge in [0.25, 0.3) is 5.91 Å². The highest BCUT2D eigenvalue weighted by Gasteiger charge is 2.71. The molecule has 2 saturated carbocycles. The van der Waals surface area contributed by atoms with Crippen LogP contribution >= 0.6 is 27.3 Å². The lowest BCUT2D eigenvalue weighted by Gasteiger charge is -2.42. The molecule has 2 aliphatic carbocycles. The first kappa shape index (κ1) is 10.5. The summed E-state index contributed by atoms with van der Waals surface area (Å²) in [7, 11) is 0. The van der Waals surface area contributed by atoms with Crippen molar-refractivity contribution in [3.8, 4) is 0 Å². The van der Waals surface area contributed by atoms with E-state index in [9.17, 15) is 4.79 Å². The van der Waals surface area contributed by atoms with Crippen molar-refractivity contribution in [1.29, 1.82) is 0 Å². The third-order valence-electron chi connectivity index (χ3n) is 4.57. The van der Waals surface area contributed by atoms with Gasteiger partial charge in [-0.3, -0.25) is 4.79 Å². The van der Waals surface area contributed by atoms with Crippen molar-refractivity contribution in [2.45, 2.75) is 36.9 Å². The monoisotopic (exact) mass is 312 g/mol. The van der Waals surface area contributed by atoms with Gasteiger partial charge in [0, 0.05) is 17.6 Å². The summed E-state index contributed by atoms with van der Waals surface area (Å²) in [6.45, 7) is 0. The molecule has 3 nitrogen and oxygen atoms in total. The van der Waals surface area contributed by atoms with E-state index in [1.807, 2.05) is 12.1 Å². The Labute approximate surface area is 112 Å². The van der Waals surface area contributed by atoms with Crippen LogP contribution in [0.3, 0.4) is 0 Å². The molecule has 0 bridgehead atoms. The van der Waals surface area contributed by atoms with Crippen LogP contribution in [-0.2, 0) is 0 Å². The minimum absolute atomic E-state index is 0.0876. The Bertz CT molecular complexity index is 500. The van der Waals surface area contributed by atoms with Gasteiger partial charge in [-0.2, -0.15) is 0 Å². The highest BCUT2D eigenvalue weighted by molar-refractivity contribution is 9.11. The van der Waals surface area contributed by atoms with Crippen molar-refractivity contribution >= 4 is 33.2 Å². The van der Waals surface area contributed by atoms with E-state index in [-0.39, 0.29) is 5.91 Å². The van der Waals surface area contributed by atoms with Crippen LogP contribution in [0.1, 0.15) is 28.9 Å². The summed E-state index contributed by atoms with van der Waals surface area (Å²) >= 11 is 4.88. The van der Waals surface area contributed by atoms with Crippen LogP contribution < -0.4 is 10.6 Å². The molecule has 90 valence electrons. The number of carbonyl (C=O) groups excluding carboxylic acids is 1. The van der Waals surface area contributed by atoms with Gasteiger partial charge in [-0.05, 0) is 53.2 Å². The van der Waals surface area contributed by atoms with Crippen LogP contribution in [0.4, 0.5) is 0 Å². The number of carbonyl (C=O) groups is 1. The zero-order valence-corrected chi connectivity index (χ0v) is 11.6. The Hall–Kier alpha value is -0.390. The molecule has 3 fully saturated rings. The van der Waals surface area contributed by atoms with E-state index in [4.69, 9.17) is 0 Å². The summed E-state index contributed by atoms with van der Waals surface area (Å²) in [5.74, 6) is 0.768. The minimum atomic E-state index is 0.0876. The standard InChI is InChI=1S/C12H13BrN2OS/c13-10-4-2-8(17-10)11(16)14-7-5-12-6(7)1-3-9(12)15-12/h2,4,6-7,9,15H,1,3,5H2,(H,14,16). The zero-order valence-electron chi connectivity index (χ0n) is 9.20. The number of thiophene rings is 1. The van der Waals surface area contributed by atoms with Gasteiger partial charge >= 0.3 is 0 Å². The summed E-state index contributed by atoms with van der Waals surface area (Å²) in [6.07, 6.45) is 3.69. The van der Waals surface area contributed by atoms with E-state index in [0.717, 1.165) is 21.1 Å². The molecule has 4 atom stereocenters. The van der Waals surface area contributed by atoms with Gasteiger partial charge in [0.1, 0.15) is 0 Å². The second-order valence-electron chi connectivity index (χ2n) is 5.31. The van der Waals surface area contributed by atoms with E-state index in [1.54, 1.807) is 0 Å². The summed E-state index contributed by atoms with van der Waals surface area (Å²) in [4.78, 5) is 12.8. The van der Waals surface area contributed by atoms with Crippen molar-refractivity contribution in [1.82, 2.24) is 10.6 Å². The van der Waals surface area contributed by atoms with E-state index in [1.165, 1.54) is 24.2 Å². The number of hydrogen-bond donors (Lipinski definition) is 2. The van der Waals surface area contributed by atoms with Crippen LogP contribution in [0.2, 0.25) is 0 Å². The third-order valence-corrected chi connectivity index (χ3v) is 6.19. The molecule has 3 aliphatic rings. The highest BCUT2D eigenvalue weighted by Crippen LogP contribution is 2.59. The summed E-state index contributed by atoms with van der Waals surface area (Å²) < 4.78 is 1.01. The Morgan fingerprint density at radius 3 is 3.06 bits per heavy atom. The predicted octanol–water partition coefficient (Wildman–Crippen LogP) is 2.13. The van der Waals surface area contributed by atoms with Gasteiger partial charge in [0.15, 0.2) is 0 Å². The molecular formula is C12H13BrN2OS. The summed E-state index contributed by atoms with van der Waals surface area (Å²) in [5, 5.41) is 6.75. The maximum atomic E-state index is 12.0. The number of piperidine rings is 1. The molecular weight excluding hydrogens is 300 g/mol. The predicted molar refractivity (Wildman–Crippen MR) is 70.3 cm³/mol. The van der Waals surface area contributed by atoms with Gasteiger partial charge in [0.05, 0.1) is 8.66 Å². The number of hydrogen-bond acceptors (Lipinski definition) is 3. The molecule has 1 aromatic rings. The quantitative estimate of drug-likeness (QED) is 0.822. The van der Waals surface area contributed by atoms with Crippen molar-refractivity contribution in [3.63, 3.8) is 0 Å². The third kappa shape index (κ3) is 1.39. The lowest BCUT2D eigenvalue weighted by Crippen LogP contribution is -2.57. The second kappa shape index (κ2) is 3.33. The Morgan fingerprint density at radius 2 is 2.41 bits per heavy atom. The smallest absolute Gasteiger partial charge is 0.261 e. The van der Waals surface area contributed by atoms with Gasteiger partial charge in [-0.15, -0.1) is 11.3 Å². The molecule has 0 radical (unpaired) electrons. The van der Waals surface area contributed by atoms with E-state index in [0.29, 0.717) is 17.5 Å². The van der Waals surface area contributed by atoms with Gasteiger partial charge in [-0.25, -0.2) is 0 Å². The molecule has 5 heteroatoms. The molecule has 1 spiro atoms. The van der Waals surface area contributed by atoms with E-state index < -0.39 is 0 Å². The fourth-order valence-corrected chi connectivity index (χ4v) is 4.96. The van der Waals surface area contributed by atoms with Crippen LogP contribution in [0.25, 0.3) is 0 Å². The highest BCUT2D eigenvalue weighted by atomic mass is 79.9. The fraction of sp³-hybridized carbons (Fsp3) is 0.583. The second-order valence-corrected chi connectivity index (χ2v) is 7.77. The molecule has 4 rings (SSSR count). The van der Waals surface area contributed by atoms with E-state index in [2.05, 4.69) is 26.6 Å². The van der Waals surface area contributed by atoms with Crippen molar-refractivity contribution in [2.24, 2.45) is 5.92 Å². The van der Waals surface area contributed by atoms with Gasteiger partial charge in [0.2, 0.25) is 0 Å². The number of nitrogens with one attached hydrogen (secondary N) is 2. The Balaban J connectivity index is 1.44. The van der Waals surface area contributed by atoms with Gasteiger partial charge < -0.3 is 10.6 Å². The van der Waals surface area contributed by atoms with Crippen LogP contribution in [0, 0.1) is 5.92 Å². The first-order valence-corrected chi connectivity index (χ1v) is 7.64. The zero-order chi connectivity index (χ0) is 11.6. The molecule has 1 saturated heterocycles. The molecule has 1 aromatic heterocycles. The molecule has 2 heterocycles. The van der Waals surface area contributed by atoms with E-state index >= 15 is 0 Å². The minimum Gasteiger partial charge on any atom is -0.348 e. The Morgan fingerprint density at radius 1 is 1.53 bits per heavy atom.